The summed E-state index contributed by atoms with van der Waals surface area (Å²) in [5.74, 6) is -4.09. The van der Waals surface area contributed by atoms with Crippen LogP contribution in [0.4, 0.5) is 5.69 Å². The molecule has 2 aliphatic rings. The van der Waals surface area contributed by atoms with Crippen LogP contribution in [0.25, 0.3) is 0 Å². The van der Waals surface area contributed by atoms with Crippen LogP contribution in [0.3, 0.4) is 0 Å². The number of carbonyl (C=O) groups excluding carboxylic acids is 2. The van der Waals surface area contributed by atoms with E-state index in [-0.39, 0.29) is 5.75 Å². The van der Waals surface area contributed by atoms with Gasteiger partial charge in [0.1, 0.15) is 5.75 Å². The van der Waals surface area contributed by atoms with Gasteiger partial charge in [0.2, 0.25) is 11.8 Å². The zero-order chi connectivity index (χ0) is 27.4. The van der Waals surface area contributed by atoms with Crippen molar-refractivity contribution < 1.29 is 24.6 Å². The Kier molecular flexibility index (Phi) is 6.35. The number of aromatic hydroxyl groups is 1. The van der Waals surface area contributed by atoms with Gasteiger partial charge in [-0.25, -0.2) is 9.69 Å². The number of benzene rings is 3. The highest BCUT2D eigenvalue weighted by molar-refractivity contribution is 6.25. The molecule has 7 nitrogen and oxygen atoms in total. The van der Waals surface area contributed by atoms with Crippen LogP contribution < -0.4 is 10.2 Å². The van der Waals surface area contributed by atoms with Gasteiger partial charge in [-0.15, -0.1) is 0 Å². The molecule has 0 spiro atoms. The number of hydrogen-bond acceptors (Lipinski definition) is 5. The van der Waals surface area contributed by atoms with E-state index in [1.54, 1.807) is 56.3 Å². The molecule has 2 heterocycles. The van der Waals surface area contributed by atoms with Gasteiger partial charge >= 0.3 is 5.97 Å². The third-order valence-electron chi connectivity index (χ3n) is 8.19. The molecule has 0 bridgehead atoms. The number of hydrogen-bond donors (Lipinski definition) is 3. The molecule has 0 aliphatic carbocycles. The van der Waals surface area contributed by atoms with Crippen molar-refractivity contribution in [3.05, 3.63) is 94.0 Å². The number of aryl methyl sites for hydroxylation is 4. The minimum absolute atomic E-state index is 0.149. The average molecular weight is 513 g/mol. The Morgan fingerprint density at radius 1 is 0.921 bits per heavy atom. The van der Waals surface area contributed by atoms with E-state index in [1.807, 2.05) is 32.0 Å². The number of carboxylic acid groups (broad SMARTS) is 1. The summed E-state index contributed by atoms with van der Waals surface area (Å²) >= 11 is 0. The molecule has 7 heteroatoms. The van der Waals surface area contributed by atoms with Gasteiger partial charge < -0.3 is 10.2 Å². The lowest BCUT2D eigenvalue weighted by atomic mass is 9.75. The molecule has 2 aliphatic heterocycles. The highest BCUT2D eigenvalue weighted by atomic mass is 16.4. The van der Waals surface area contributed by atoms with Gasteiger partial charge in [-0.05, 0) is 60.1 Å². The van der Waals surface area contributed by atoms with E-state index in [1.165, 1.54) is 4.90 Å². The highest BCUT2D eigenvalue weighted by Gasteiger charge is 2.69. The van der Waals surface area contributed by atoms with Crippen LogP contribution in [0.15, 0.2) is 60.7 Å². The molecule has 0 aromatic heterocycles. The molecule has 38 heavy (non-hydrogen) atoms. The fourth-order valence-electron chi connectivity index (χ4n) is 6.37. The Balaban J connectivity index is 1.77. The molecular formula is C31H32N2O5. The van der Waals surface area contributed by atoms with Gasteiger partial charge in [0.25, 0.3) is 0 Å². The third kappa shape index (κ3) is 3.56. The molecular weight excluding hydrogens is 480 g/mol. The Labute approximate surface area is 222 Å². The first-order valence-corrected chi connectivity index (χ1v) is 13.0. The number of amides is 2. The van der Waals surface area contributed by atoms with E-state index in [0.29, 0.717) is 40.8 Å². The number of carbonyl (C=O) groups is 3. The molecule has 0 saturated carbocycles. The third-order valence-corrected chi connectivity index (χ3v) is 8.19. The number of carboxylic acids is 1. The summed E-state index contributed by atoms with van der Waals surface area (Å²) in [6.07, 6.45) is 1.24. The minimum atomic E-state index is -1.81. The van der Waals surface area contributed by atoms with Crippen LogP contribution in [0.5, 0.6) is 5.75 Å². The van der Waals surface area contributed by atoms with Gasteiger partial charge in [0.15, 0.2) is 5.54 Å². The van der Waals surface area contributed by atoms with Gasteiger partial charge in [0, 0.05) is 6.04 Å². The molecule has 2 saturated heterocycles. The monoisotopic (exact) mass is 512 g/mol. The Morgan fingerprint density at radius 2 is 1.50 bits per heavy atom. The van der Waals surface area contributed by atoms with Crippen LogP contribution in [0.1, 0.15) is 53.3 Å². The molecule has 2 amide bonds. The number of imide groups is 1. The number of nitrogens with zero attached hydrogens (tertiary/aromatic N) is 1. The van der Waals surface area contributed by atoms with Crippen LogP contribution in [0.2, 0.25) is 0 Å². The van der Waals surface area contributed by atoms with Crippen molar-refractivity contribution in [3.63, 3.8) is 0 Å². The van der Waals surface area contributed by atoms with Gasteiger partial charge in [0.05, 0.1) is 17.5 Å². The van der Waals surface area contributed by atoms with Crippen LogP contribution in [-0.2, 0) is 32.8 Å². The predicted octanol–water partition coefficient (Wildman–Crippen LogP) is 4.56. The maximum Gasteiger partial charge on any atom is 0.329 e. The molecule has 4 unspecified atom stereocenters. The molecule has 3 aromatic carbocycles. The SMILES string of the molecule is CCc1cccc(CC)c1N1C(=O)C2C(c3cc(C)c(O)c(C)c3)NC(C(=O)O)(c3ccccc3)C2C1=O. The first-order valence-electron chi connectivity index (χ1n) is 13.0. The first-order chi connectivity index (χ1) is 18.2. The molecule has 4 atom stereocenters. The summed E-state index contributed by atoms with van der Waals surface area (Å²) in [5.41, 5.74) is 2.80. The molecule has 196 valence electrons. The summed E-state index contributed by atoms with van der Waals surface area (Å²) in [6.45, 7) is 7.47. The normalized spacial score (nSPS) is 24.6. The van der Waals surface area contributed by atoms with Crippen molar-refractivity contribution in [2.75, 3.05) is 4.90 Å². The summed E-state index contributed by atoms with van der Waals surface area (Å²) in [4.78, 5) is 43.1. The second-order valence-electron chi connectivity index (χ2n) is 10.3. The maximum atomic E-state index is 14.4. The topological polar surface area (TPSA) is 107 Å². The number of rotatable bonds is 6. The minimum Gasteiger partial charge on any atom is -0.507 e. The van der Waals surface area contributed by atoms with E-state index in [2.05, 4.69) is 5.32 Å². The number of fused-ring (bicyclic) bond motifs is 1. The van der Waals surface area contributed by atoms with Gasteiger partial charge in [-0.3, -0.25) is 14.9 Å². The van der Waals surface area contributed by atoms with Crippen LogP contribution in [-0.4, -0.2) is 28.0 Å². The second-order valence-corrected chi connectivity index (χ2v) is 10.3. The number of phenols is 1. The van der Waals surface area contributed by atoms with E-state index < -0.39 is 41.2 Å². The average Bonchev–Trinajstić information content (AvgIpc) is 3.41. The van der Waals surface area contributed by atoms with Crippen molar-refractivity contribution in [3.8, 4) is 5.75 Å². The summed E-state index contributed by atoms with van der Waals surface area (Å²) in [5, 5.41) is 24.4. The van der Waals surface area contributed by atoms with E-state index >= 15 is 0 Å². The molecule has 5 rings (SSSR count). The largest absolute Gasteiger partial charge is 0.507 e. The fourth-order valence-corrected chi connectivity index (χ4v) is 6.37. The first kappa shape index (κ1) is 25.7. The zero-order valence-electron chi connectivity index (χ0n) is 22.0. The number of aliphatic carboxylic acids is 1. The van der Waals surface area contributed by atoms with Crippen molar-refractivity contribution in [1.29, 1.82) is 0 Å². The fraction of sp³-hybridized carbons (Fsp3) is 0.323. The van der Waals surface area contributed by atoms with E-state index in [4.69, 9.17) is 0 Å². The lowest BCUT2D eigenvalue weighted by Crippen LogP contribution is -2.53. The van der Waals surface area contributed by atoms with Gasteiger partial charge in [-0.2, -0.15) is 0 Å². The van der Waals surface area contributed by atoms with Crippen molar-refractivity contribution >= 4 is 23.5 Å². The number of anilines is 1. The summed E-state index contributed by atoms with van der Waals surface area (Å²) in [6, 6.07) is 17.1. The standard InChI is InChI=1S/C31H32N2O5/c1-5-19-11-10-12-20(6-2)26(19)33-28(35)23-24(29(33)36)31(30(37)38,22-13-8-7-9-14-22)32-25(23)21-15-17(3)27(34)18(4)16-21/h7-16,23-25,32,34H,5-6H2,1-4H3,(H,37,38). The van der Waals surface area contributed by atoms with Crippen LogP contribution in [0, 0.1) is 25.7 Å². The Hall–Kier alpha value is -3.97. The maximum absolute atomic E-state index is 14.4. The molecule has 2 fully saturated rings. The predicted molar refractivity (Wildman–Crippen MR) is 144 cm³/mol. The Bertz CT molecular complexity index is 1400. The molecule has 3 aromatic rings. The summed E-state index contributed by atoms with van der Waals surface area (Å²) in [7, 11) is 0. The van der Waals surface area contributed by atoms with Gasteiger partial charge in [-0.1, -0.05) is 74.5 Å². The quantitative estimate of drug-likeness (QED) is 0.418. The highest BCUT2D eigenvalue weighted by Crippen LogP contribution is 2.54. The molecule has 0 radical (unpaired) electrons. The Morgan fingerprint density at radius 3 is 2.03 bits per heavy atom. The van der Waals surface area contributed by atoms with Crippen molar-refractivity contribution in [2.45, 2.75) is 52.1 Å². The number of phenolic OH excluding ortho intramolecular Hbond substituents is 1. The second kappa shape index (κ2) is 9.40. The lowest BCUT2D eigenvalue weighted by molar-refractivity contribution is -0.149. The summed E-state index contributed by atoms with van der Waals surface area (Å²) < 4.78 is 0. The zero-order valence-corrected chi connectivity index (χ0v) is 22.0. The molecule has 3 N–H and O–H groups in total. The smallest absolute Gasteiger partial charge is 0.329 e. The lowest BCUT2D eigenvalue weighted by Gasteiger charge is -2.32. The number of nitrogens with one attached hydrogen (secondary N) is 1. The van der Waals surface area contributed by atoms with Crippen molar-refractivity contribution in [2.24, 2.45) is 11.8 Å². The van der Waals surface area contributed by atoms with Crippen LogP contribution >= 0.6 is 0 Å². The van der Waals surface area contributed by atoms with E-state index in [9.17, 15) is 24.6 Å². The van der Waals surface area contributed by atoms with Crippen molar-refractivity contribution in [1.82, 2.24) is 5.32 Å². The van der Waals surface area contributed by atoms with E-state index in [0.717, 1.165) is 11.1 Å². The number of para-hydroxylation sites is 1.